The molecule has 30 heavy (non-hydrogen) atoms. The van der Waals surface area contributed by atoms with Crippen molar-refractivity contribution in [2.75, 3.05) is 27.7 Å². The Morgan fingerprint density at radius 1 is 0.833 bits per heavy atom. The molecule has 1 atom stereocenters. The van der Waals surface area contributed by atoms with Gasteiger partial charge >= 0.3 is 0 Å². The first kappa shape index (κ1) is 21.6. The van der Waals surface area contributed by atoms with Gasteiger partial charge in [-0.05, 0) is 42.9 Å². The van der Waals surface area contributed by atoms with Gasteiger partial charge in [0.05, 0.1) is 13.2 Å². The van der Waals surface area contributed by atoms with Gasteiger partial charge in [0.15, 0.2) is 0 Å². The van der Waals surface area contributed by atoms with Crippen molar-refractivity contribution < 1.29 is 9.53 Å². The fourth-order valence-corrected chi connectivity index (χ4v) is 3.69. The molecule has 3 aromatic rings. The number of likely N-dealkylation sites (N-methyl/N-ethyl adjacent to an activating group) is 1. The average Bonchev–Trinajstić information content (AvgIpc) is 2.79. The van der Waals surface area contributed by atoms with E-state index in [4.69, 9.17) is 4.74 Å². The molecule has 0 bridgehead atoms. The molecular formula is C26H30N2O2. The second-order valence-electron chi connectivity index (χ2n) is 7.63. The van der Waals surface area contributed by atoms with Crippen molar-refractivity contribution in [1.82, 2.24) is 10.2 Å². The maximum atomic E-state index is 12.9. The van der Waals surface area contributed by atoms with Crippen molar-refractivity contribution in [2.24, 2.45) is 0 Å². The number of benzene rings is 3. The highest BCUT2D eigenvalue weighted by Gasteiger charge is 2.20. The number of carbonyl (C=O) groups is 1. The Morgan fingerprint density at radius 3 is 1.83 bits per heavy atom. The van der Waals surface area contributed by atoms with Gasteiger partial charge < -0.3 is 15.0 Å². The Labute approximate surface area is 179 Å². The zero-order valence-electron chi connectivity index (χ0n) is 17.9. The van der Waals surface area contributed by atoms with Gasteiger partial charge in [0, 0.05) is 18.9 Å². The molecule has 1 unspecified atom stereocenters. The van der Waals surface area contributed by atoms with Gasteiger partial charge in [0.2, 0.25) is 5.91 Å². The number of hydrogen-bond donors (Lipinski definition) is 1. The molecule has 0 fully saturated rings. The number of rotatable bonds is 9. The normalized spacial score (nSPS) is 12.0. The zero-order chi connectivity index (χ0) is 21.3. The third-order valence-corrected chi connectivity index (χ3v) is 5.41. The first-order chi connectivity index (χ1) is 14.6. The summed E-state index contributed by atoms with van der Waals surface area (Å²) in [7, 11) is 5.71. The second-order valence-corrected chi connectivity index (χ2v) is 7.63. The lowest BCUT2D eigenvalue weighted by molar-refractivity contribution is -0.121. The van der Waals surface area contributed by atoms with Gasteiger partial charge in [-0.3, -0.25) is 4.79 Å². The van der Waals surface area contributed by atoms with E-state index < -0.39 is 0 Å². The largest absolute Gasteiger partial charge is 0.497 e. The SMILES string of the molecule is COc1ccc(C(CNC(=O)CC(c2ccccc2)c2ccccc2)N(C)C)cc1. The molecule has 3 aromatic carbocycles. The molecule has 0 aliphatic carbocycles. The third kappa shape index (κ3) is 5.71. The standard InChI is InChI=1S/C26H30N2O2/c1-28(2)25(22-14-16-23(30-3)17-15-22)19-27-26(29)18-24(20-10-6-4-7-11-20)21-12-8-5-9-13-21/h4-17,24-25H,18-19H2,1-3H3,(H,27,29). The van der Waals surface area contributed by atoms with Crippen molar-refractivity contribution >= 4 is 5.91 Å². The molecule has 0 spiro atoms. The van der Waals surface area contributed by atoms with Gasteiger partial charge in [-0.1, -0.05) is 72.8 Å². The summed E-state index contributed by atoms with van der Waals surface area (Å²) in [6.45, 7) is 0.550. The molecule has 0 aliphatic rings. The van der Waals surface area contributed by atoms with Crippen LogP contribution in [0.5, 0.6) is 5.75 Å². The van der Waals surface area contributed by atoms with Crippen LogP contribution in [0.15, 0.2) is 84.9 Å². The monoisotopic (exact) mass is 402 g/mol. The second kappa shape index (κ2) is 10.6. The summed E-state index contributed by atoms with van der Waals surface area (Å²) in [5, 5.41) is 3.15. The van der Waals surface area contributed by atoms with Crippen LogP contribution in [0.3, 0.4) is 0 Å². The number of ether oxygens (including phenoxy) is 1. The maximum absolute atomic E-state index is 12.9. The Hall–Kier alpha value is -3.11. The van der Waals surface area contributed by atoms with E-state index in [1.165, 1.54) is 0 Å². The lowest BCUT2D eigenvalue weighted by Gasteiger charge is -2.26. The predicted octanol–water partition coefficient (Wildman–Crippen LogP) is 4.64. The molecule has 1 amide bonds. The number of methoxy groups -OCH3 is 1. The molecule has 1 N–H and O–H groups in total. The smallest absolute Gasteiger partial charge is 0.221 e. The summed E-state index contributed by atoms with van der Waals surface area (Å²) in [6.07, 6.45) is 0.413. The van der Waals surface area contributed by atoms with Gasteiger partial charge in [-0.2, -0.15) is 0 Å². The predicted molar refractivity (Wildman–Crippen MR) is 122 cm³/mol. The van der Waals surface area contributed by atoms with Crippen LogP contribution in [0.1, 0.15) is 35.1 Å². The van der Waals surface area contributed by atoms with Crippen molar-refractivity contribution in [1.29, 1.82) is 0 Å². The molecule has 4 heteroatoms. The molecule has 4 nitrogen and oxygen atoms in total. The van der Waals surface area contributed by atoms with Crippen LogP contribution in [-0.4, -0.2) is 38.6 Å². The van der Waals surface area contributed by atoms with E-state index in [0.29, 0.717) is 13.0 Å². The molecule has 3 rings (SSSR count). The van der Waals surface area contributed by atoms with Crippen LogP contribution >= 0.6 is 0 Å². The van der Waals surface area contributed by atoms with Crippen LogP contribution in [0.4, 0.5) is 0 Å². The molecule has 0 aliphatic heterocycles. The van der Waals surface area contributed by atoms with Crippen LogP contribution in [0, 0.1) is 0 Å². The highest BCUT2D eigenvalue weighted by molar-refractivity contribution is 5.77. The van der Waals surface area contributed by atoms with E-state index in [-0.39, 0.29) is 17.9 Å². The van der Waals surface area contributed by atoms with Crippen LogP contribution in [0.25, 0.3) is 0 Å². The van der Waals surface area contributed by atoms with Crippen molar-refractivity contribution in [3.05, 3.63) is 102 Å². The highest BCUT2D eigenvalue weighted by Crippen LogP contribution is 2.28. The minimum Gasteiger partial charge on any atom is -0.497 e. The first-order valence-corrected chi connectivity index (χ1v) is 10.3. The minimum absolute atomic E-state index is 0.0335. The van der Waals surface area contributed by atoms with Gasteiger partial charge in [0.1, 0.15) is 5.75 Å². The topological polar surface area (TPSA) is 41.6 Å². The summed E-state index contributed by atoms with van der Waals surface area (Å²) in [6, 6.07) is 28.5. The van der Waals surface area contributed by atoms with Crippen LogP contribution < -0.4 is 10.1 Å². The Kier molecular flexibility index (Phi) is 7.63. The third-order valence-electron chi connectivity index (χ3n) is 5.41. The Morgan fingerprint density at radius 2 is 1.37 bits per heavy atom. The minimum atomic E-state index is 0.0335. The van der Waals surface area contributed by atoms with Crippen LogP contribution in [0.2, 0.25) is 0 Å². The number of amides is 1. The quantitative estimate of drug-likeness (QED) is 0.567. The summed E-state index contributed by atoms with van der Waals surface area (Å²) in [5.74, 6) is 0.910. The van der Waals surface area contributed by atoms with Crippen LogP contribution in [-0.2, 0) is 4.79 Å². The molecule has 0 aromatic heterocycles. The van der Waals surface area contributed by atoms with Crippen molar-refractivity contribution in [3.63, 3.8) is 0 Å². The number of carbonyl (C=O) groups excluding carboxylic acids is 1. The lowest BCUT2D eigenvalue weighted by Crippen LogP contribution is -2.35. The summed E-state index contributed by atoms with van der Waals surface area (Å²) in [5.41, 5.74) is 3.44. The van der Waals surface area contributed by atoms with E-state index in [1.54, 1.807) is 7.11 Å². The molecule has 0 saturated carbocycles. The van der Waals surface area contributed by atoms with Gasteiger partial charge in [-0.15, -0.1) is 0 Å². The molecule has 0 radical (unpaired) electrons. The fraction of sp³-hybridized carbons (Fsp3) is 0.269. The average molecular weight is 403 g/mol. The van der Waals surface area contributed by atoms with E-state index in [1.807, 2.05) is 74.8 Å². The van der Waals surface area contributed by atoms with E-state index in [9.17, 15) is 4.79 Å². The first-order valence-electron chi connectivity index (χ1n) is 10.3. The zero-order valence-corrected chi connectivity index (χ0v) is 17.9. The highest BCUT2D eigenvalue weighted by atomic mass is 16.5. The molecule has 0 saturated heterocycles. The van der Waals surface area contributed by atoms with Crippen molar-refractivity contribution in [2.45, 2.75) is 18.4 Å². The summed E-state index contributed by atoms with van der Waals surface area (Å²) >= 11 is 0. The summed E-state index contributed by atoms with van der Waals surface area (Å²) < 4.78 is 5.25. The fourth-order valence-electron chi connectivity index (χ4n) is 3.69. The molecular weight excluding hydrogens is 372 g/mol. The van der Waals surface area contributed by atoms with E-state index in [0.717, 1.165) is 22.4 Å². The van der Waals surface area contributed by atoms with Gasteiger partial charge in [0.25, 0.3) is 0 Å². The Bertz CT molecular complexity index is 869. The Balaban J connectivity index is 1.69. The van der Waals surface area contributed by atoms with E-state index in [2.05, 4.69) is 34.5 Å². The van der Waals surface area contributed by atoms with Gasteiger partial charge in [-0.25, -0.2) is 0 Å². The summed E-state index contributed by atoms with van der Waals surface area (Å²) in [4.78, 5) is 15.0. The molecule has 156 valence electrons. The number of nitrogens with zero attached hydrogens (tertiary/aromatic N) is 1. The van der Waals surface area contributed by atoms with E-state index >= 15 is 0 Å². The van der Waals surface area contributed by atoms with Crippen molar-refractivity contribution in [3.8, 4) is 5.75 Å². The number of nitrogens with one attached hydrogen (secondary N) is 1. The molecule has 0 heterocycles. The number of hydrogen-bond acceptors (Lipinski definition) is 3. The maximum Gasteiger partial charge on any atom is 0.221 e. The lowest BCUT2D eigenvalue weighted by atomic mass is 9.88.